The SMILES string of the molecule is CCC(C)Oc1c(C(=O)O)ccc(OC)c1-c1ccc(C(=O)Oc2ccc([N+](=O)[O-])cc2)cc1. The second-order valence-electron chi connectivity index (χ2n) is 7.38. The number of carbonyl (C=O) groups is 2. The van der Waals surface area contributed by atoms with Crippen molar-refractivity contribution >= 4 is 17.6 Å². The number of carboxylic acid groups (broad SMARTS) is 1. The monoisotopic (exact) mass is 465 g/mol. The molecule has 3 aromatic carbocycles. The topological polar surface area (TPSA) is 125 Å². The molecular formula is C25H23NO8. The number of ether oxygens (including phenoxy) is 3. The van der Waals surface area contributed by atoms with E-state index in [0.717, 1.165) is 0 Å². The minimum atomic E-state index is -1.13. The smallest absolute Gasteiger partial charge is 0.343 e. The number of nitrogens with zero attached hydrogens (tertiary/aromatic N) is 1. The van der Waals surface area contributed by atoms with Crippen molar-refractivity contribution in [1.29, 1.82) is 0 Å². The van der Waals surface area contributed by atoms with Crippen LogP contribution in [0.1, 0.15) is 41.0 Å². The molecule has 0 spiro atoms. The van der Waals surface area contributed by atoms with E-state index in [2.05, 4.69) is 0 Å². The summed E-state index contributed by atoms with van der Waals surface area (Å²) in [6.07, 6.45) is 0.434. The number of nitro benzene ring substituents is 1. The molecule has 0 aliphatic heterocycles. The van der Waals surface area contributed by atoms with Gasteiger partial charge < -0.3 is 19.3 Å². The molecule has 0 aliphatic carbocycles. The largest absolute Gasteiger partial charge is 0.496 e. The third kappa shape index (κ3) is 5.32. The van der Waals surface area contributed by atoms with Crippen LogP contribution in [0, 0.1) is 10.1 Å². The van der Waals surface area contributed by atoms with E-state index < -0.39 is 16.9 Å². The lowest BCUT2D eigenvalue weighted by molar-refractivity contribution is -0.384. The molecule has 3 rings (SSSR count). The van der Waals surface area contributed by atoms with Gasteiger partial charge in [0.1, 0.15) is 22.8 Å². The predicted octanol–water partition coefficient (Wildman–Crippen LogP) is 5.37. The summed E-state index contributed by atoms with van der Waals surface area (Å²) in [5, 5.41) is 20.4. The van der Waals surface area contributed by atoms with E-state index in [1.165, 1.54) is 49.6 Å². The van der Waals surface area contributed by atoms with Crippen molar-refractivity contribution < 1.29 is 33.8 Å². The standard InChI is InChI=1S/C25H23NO8/c1-4-15(2)33-23-20(24(27)28)13-14-21(32-3)22(23)16-5-7-17(8-6-16)25(29)34-19-11-9-18(10-12-19)26(30)31/h5-15H,4H2,1-3H3,(H,27,28). The van der Waals surface area contributed by atoms with E-state index >= 15 is 0 Å². The van der Waals surface area contributed by atoms with Crippen molar-refractivity contribution in [3.8, 4) is 28.4 Å². The highest BCUT2D eigenvalue weighted by molar-refractivity contribution is 5.97. The maximum Gasteiger partial charge on any atom is 0.343 e. The van der Waals surface area contributed by atoms with Gasteiger partial charge in [-0.1, -0.05) is 19.1 Å². The fourth-order valence-electron chi connectivity index (χ4n) is 3.16. The van der Waals surface area contributed by atoms with Crippen LogP contribution in [0.2, 0.25) is 0 Å². The third-order valence-electron chi connectivity index (χ3n) is 5.13. The second kappa shape index (κ2) is 10.5. The highest BCUT2D eigenvalue weighted by Crippen LogP contribution is 2.42. The number of nitro groups is 1. The Morgan fingerprint density at radius 3 is 2.21 bits per heavy atom. The van der Waals surface area contributed by atoms with Gasteiger partial charge >= 0.3 is 11.9 Å². The van der Waals surface area contributed by atoms with Crippen molar-refractivity contribution in [2.24, 2.45) is 0 Å². The molecule has 0 saturated heterocycles. The Balaban J connectivity index is 1.94. The number of carbonyl (C=O) groups excluding carboxylic acids is 1. The average molecular weight is 465 g/mol. The number of esters is 1. The normalized spacial score (nSPS) is 11.4. The van der Waals surface area contributed by atoms with Crippen molar-refractivity contribution in [3.05, 3.63) is 81.9 Å². The summed E-state index contributed by atoms with van der Waals surface area (Å²) in [6.45, 7) is 3.77. The molecular weight excluding hydrogens is 442 g/mol. The fourth-order valence-corrected chi connectivity index (χ4v) is 3.16. The first kappa shape index (κ1) is 24.2. The van der Waals surface area contributed by atoms with Crippen LogP contribution in [0.4, 0.5) is 5.69 Å². The van der Waals surface area contributed by atoms with Crippen LogP contribution >= 0.6 is 0 Å². The Labute approximate surface area is 195 Å². The third-order valence-corrected chi connectivity index (χ3v) is 5.13. The van der Waals surface area contributed by atoms with Crippen molar-refractivity contribution in [3.63, 3.8) is 0 Å². The summed E-state index contributed by atoms with van der Waals surface area (Å²) in [7, 11) is 1.47. The summed E-state index contributed by atoms with van der Waals surface area (Å²) in [4.78, 5) is 34.6. The maximum atomic E-state index is 12.5. The number of benzene rings is 3. The number of carboxylic acids is 1. The van der Waals surface area contributed by atoms with Crippen LogP contribution in [0.15, 0.2) is 60.7 Å². The summed E-state index contributed by atoms with van der Waals surface area (Å²) < 4.78 is 16.7. The van der Waals surface area contributed by atoms with Crippen LogP contribution in [-0.2, 0) is 0 Å². The number of aromatic carboxylic acids is 1. The lowest BCUT2D eigenvalue weighted by atomic mass is 9.98. The van der Waals surface area contributed by atoms with Gasteiger partial charge in [-0.15, -0.1) is 0 Å². The zero-order valence-electron chi connectivity index (χ0n) is 18.8. The van der Waals surface area contributed by atoms with Crippen molar-refractivity contribution in [2.45, 2.75) is 26.4 Å². The van der Waals surface area contributed by atoms with Crippen LogP contribution in [0.25, 0.3) is 11.1 Å². The number of methoxy groups -OCH3 is 1. The molecule has 0 amide bonds. The first-order chi connectivity index (χ1) is 16.2. The van der Waals surface area contributed by atoms with Crippen LogP contribution in [0.5, 0.6) is 17.2 Å². The van der Waals surface area contributed by atoms with E-state index in [1.807, 2.05) is 13.8 Å². The molecule has 0 radical (unpaired) electrons. The molecule has 0 saturated carbocycles. The molecule has 3 aromatic rings. The van der Waals surface area contributed by atoms with Gasteiger partial charge in [-0.25, -0.2) is 9.59 Å². The number of non-ortho nitro benzene ring substituents is 1. The minimum Gasteiger partial charge on any atom is -0.496 e. The van der Waals surface area contributed by atoms with Gasteiger partial charge in [0.2, 0.25) is 0 Å². The summed E-state index contributed by atoms with van der Waals surface area (Å²) in [6, 6.07) is 14.5. The quantitative estimate of drug-likeness (QED) is 0.194. The van der Waals surface area contributed by atoms with E-state index in [0.29, 0.717) is 23.3 Å². The molecule has 1 N–H and O–H groups in total. The van der Waals surface area contributed by atoms with Gasteiger partial charge in [0.25, 0.3) is 5.69 Å². The Morgan fingerprint density at radius 2 is 1.68 bits per heavy atom. The fraction of sp³-hybridized carbons (Fsp3) is 0.200. The molecule has 34 heavy (non-hydrogen) atoms. The zero-order chi connectivity index (χ0) is 24.8. The molecule has 176 valence electrons. The van der Waals surface area contributed by atoms with Gasteiger partial charge in [-0.2, -0.15) is 0 Å². The molecule has 0 bridgehead atoms. The minimum absolute atomic E-state index is 0.00208. The van der Waals surface area contributed by atoms with Crippen LogP contribution in [-0.4, -0.2) is 35.2 Å². The Morgan fingerprint density at radius 1 is 1.03 bits per heavy atom. The van der Waals surface area contributed by atoms with E-state index in [9.17, 15) is 24.8 Å². The molecule has 0 heterocycles. The summed E-state index contributed by atoms with van der Waals surface area (Å²) >= 11 is 0. The first-order valence-corrected chi connectivity index (χ1v) is 10.4. The molecule has 9 heteroatoms. The van der Waals surface area contributed by atoms with E-state index in [4.69, 9.17) is 14.2 Å². The Kier molecular flexibility index (Phi) is 7.47. The van der Waals surface area contributed by atoms with Gasteiger partial charge in [-0.3, -0.25) is 10.1 Å². The van der Waals surface area contributed by atoms with E-state index in [-0.39, 0.29) is 34.4 Å². The van der Waals surface area contributed by atoms with Crippen molar-refractivity contribution in [2.75, 3.05) is 7.11 Å². The number of hydrogen-bond acceptors (Lipinski definition) is 7. The van der Waals surface area contributed by atoms with Gasteiger partial charge in [0, 0.05) is 12.1 Å². The Hall–Kier alpha value is -4.40. The highest BCUT2D eigenvalue weighted by Gasteiger charge is 2.23. The lowest BCUT2D eigenvalue weighted by Crippen LogP contribution is -2.14. The second-order valence-corrected chi connectivity index (χ2v) is 7.38. The molecule has 1 unspecified atom stereocenters. The zero-order valence-corrected chi connectivity index (χ0v) is 18.8. The molecule has 1 atom stereocenters. The maximum absolute atomic E-state index is 12.5. The highest BCUT2D eigenvalue weighted by atomic mass is 16.6. The predicted molar refractivity (Wildman–Crippen MR) is 124 cm³/mol. The average Bonchev–Trinajstić information content (AvgIpc) is 2.83. The first-order valence-electron chi connectivity index (χ1n) is 10.4. The molecule has 0 fully saturated rings. The number of hydrogen-bond donors (Lipinski definition) is 1. The number of rotatable bonds is 9. The van der Waals surface area contributed by atoms with Crippen LogP contribution in [0.3, 0.4) is 0 Å². The molecule has 0 aromatic heterocycles. The van der Waals surface area contributed by atoms with Gasteiger partial charge in [0.15, 0.2) is 0 Å². The van der Waals surface area contributed by atoms with Gasteiger partial charge in [0.05, 0.1) is 29.3 Å². The summed E-state index contributed by atoms with van der Waals surface area (Å²) in [5.74, 6) is -1.01. The van der Waals surface area contributed by atoms with Crippen LogP contribution < -0.4 is 14.2 Å². The van der Waals surface area contributed by atoms with Gasteiger partial charge in [-0.05, 0) is 55.3 Å². The van der Waals surface area contributed by atoms with Crippen molar-refractivity contribution in [1.82, 2.24) is 0 Å². The molecule has 9 nitrogen and oxygen atoms in total. The molecule has 0 aliphatic rings. The summed E-state index contributed by atoms with van der Waals surface area (Å²) in [5.41, 5.74) is 1.16. The van der Waals surface area contributed by atoms with E-state index in [1.54, 1.807) is 18.2 Å². The lowest BCUT2D eigenvalue weighted by Gasteiger charge is -2.20. The Bertz CT molecular complexity index is 1200.